The van der Waals surface area contributed by atoms with Gasteiger partial charge in [-0.2, -0.15) is 0 Å². The summed E-state index contributed by atoms with van der Waals surface area (Å²) in [7, 11) is 6.98. The average Bonchev–Trinajstić information content (AvgIpc) is 2.61. The van der Waals surface area contributed by atoms with E-state index in [1.807, 2.05) is 31.9 Å². The van der Waals surface area contributed by atoms with Crippen LogP contribution in [0.4, 0.5) is 5.69 Å². The largest absolute Gasteiger partial charge is 0.489 e. The summed E-state index contributed by atoms with van der Waals surface area (Å²) in [6.45, 7) is 4.70. The topological polar surface area (TPSA) is 71.1 Å². The normalized spacial score (nSPS) is 16.5. The maximum Gasteiger partial charge on any atom is 0.253 e. The SMILES string of the molecule is COC(C)(C)CNC(=O)C[C@H]1COc2ccc(C(=O)N(C)C)cc2N1C. The Hall–Kier alpha value is -2.28. The molecule has 1 N–H and O–H groups in total. The fourth-order valence-electron chi connectivity index (χ4n) is 2.67. The molecule has 0 unspecified atom stereocenters. The molecule has 2 amide bonds. The summed E-state index contributed by atoms with van der Waals surface area (Å²) < 4.78 is 11.1. The van der Waals surface area contributed by atoms with Gasteiger partial charge in [-0.05, 0) is 32.0 Å². The lowest BCUT2D eigenvalue weighted by atomic mass is 10.1. The van der Waals surface area contributed by atoms with E-state index in [2.05, 4.69) is 5.32 Å². The molecular weight excluding hydrogens is 334 g/mol. The molecule has 26 heavy (non-hydrogen) atoms. The van der Waals surface area contributed by atoms with Crippen LogP contribution < -0.4 is 15.0 Å². The van der Waals surface area contributed by atoms with E-state index in [0.29, 0.717) is 25.1 Å². The zero-order valence-corrected chi connectivity index (χ0v) is 16.5. The number of nitrogens with zero attached hydrogens (tertiary/aromatic N) is 2. The van der Waals surface area contributed by atoms with Gasteiger partial charge in [-0.1, -0.05) is 0 Å². The summed E-state index contributed by atoms with van der Waals surface area (Å²) in [4.78, 5) is 28.0. The van der Waals surface area contributed by atoms with Crippen molar-refractivity contribution in [2.45, 2.75) is 31.9 Å². The molecular formula is C19H29N3O4. The summed E-state index contributed by atoms with van der Waals surface area (Å²) in [5, 5.41) is 2.90. The van der Waals surface area contributed by atoms with Crippen LogP contribution >= 0.6 is 0 Å². The average molecular weight is 363 g/mol. The zero-order chi connectivity index (χ0) is 19.5. The summed E-state index contributed by atoms with van der Waals surface area (Å²) in [6.07, 6.45) is 0.307. The Kier molecular flexibility index (Phi) is 6.13. The monoisotopic (exact) mass is 363 g/mol. The highest BCUT2D eigenvalue weighted by Crippen LogP contribution is 2.34. The van der Waals surface area contributed by atoms with E-state index in [1.165, 1.54) is 4.90 Å². The first-order valence-corrected chi connectivity index (χ1v) is 8.68. The lowest BCUT2D eigenvalue weighted by molar-refractivity contribution is -0.122. The molecule has 1 aliphatic rings. The molecule has 2 rings (SSSR count). The van der Waals surface area contributed by atoms with Crippen molar-refractivity contribution in [1.29, 1.82) is 0 Å². The number of methoxy groups -OCH3 is 1. The van der Waals surface area contributed by atoms with Gasteiger partial charge in [0.05, 0.1) is 23.8 Å². The van der Waals surface area contributed by atoms with E-state index in [4.69, 9.17) is 9.47 Å². The molecule has 1 aromatic rings. The molecule has 1 heterocycles. The predicted octanol–water partition coefficient (Wildman–Crippen LogP) is 1.52. The molecule has 0 bridgehead atoms. The van der Waals surface area contributed by atoms with Crippen LogP contribution in [0.3, 0.4) is 0 Å². The second-order valence-electron chi connectivity index (χ2n) is 7.40. The van der Waals surface area contributed by atoms with Crippen molar-refractivity contribution in [3.8, 4) is 5.75 Å². The number of rotatable bonds is 6. The van der Waals surface area contributed by atoms with Gasteiger partial charge in [0, 0.05) is 40.4 Å². The standard InChI is InChI=1S/C19H29N3O4/c1-19(2,25-6)12-20-17(23)10-14-11-26-16-8-7-13(18(24)21(3)4)9-15(16)22(14)5/h7-9,14H,10-12H2,1-6H3,(H,20,23)/t14-/m0/s1. The molecule has 0 aromatic heterocycles. The molecule has 0 saturated heterocycles. The maximum absolute atomic E-state index is 12.3. The first kappa shape index (κ1) is 20.0. The Balaban J connectivity index is 2.06. The van der Waals surface area contributed by atoms with Gasteiger partial charge in [-0.25, -0.2) is 0 Å². The van der Waals surface area contributed by atoms with Crippen LogP contribution in [0.5, 0.6) is 5.75 Å². The van der Waals surface area contributed by atoms with E-state index >= 15 is 0 Å². The highest BCUT2D eigenvalue weighted by atomic mass is 16.5. The van der Waals surface area contributed by atoms with Gasteiger partial charge in [0.2, 0.25) is 5.91 Å². The number of hydrogen-bond acceptors (Lipinski definition) is 5. The van der Waals surface area contributed by atoms with Gasteiger partial charge in [0.1, 0.15) is 12.4 Å². The molecule has 144 valence electrons. The van der Waals surface area contributed by atoms with Gasteiger partial charge in [-0.15, -0.1) is 0 Å². The molecule has 0 saturated carbocycles. The van der Waals surface area contributed by atoms with Gasteiger partial charge in [0.25, 0.3) is 5.91 Å². The zero-order valence-electron chi connectivity index (χ0n) is 16.5. The number of likely N-dealkylation sites (N-methyl/N-ethyl adjacent to an activating group) is 1. The minimum Gasteiger partial charge on any atom is -0.489 e. The molecule has 1 aromatic carbocycles. The molecule has 0 aliphatic carbocycles. The first-order chi connectivity index (χ1) is 12.1. The maximum atomic E-state index is 12.3. The van der Waals surface area contributed by atoms with Gasteiger partial charge in [0.15, 0.2) is 0 Å². The highest BCUT2D eigenvalue weighted by molar-refractivity contribution is 5.95. The third kappa shape index (κ3) is 4.66. The molecule has 7 heteroatoms. The fraction of sp³-hybridized carbons (Fsp3) is 0.579. The third-order valence-corrected chi connectivity index (χ3v) is 4.66. The van der Waals surface area contributed by atoms with E-state index in [-0.39, 0.29) is 17.9 Å². The number of nitrogens with one attached hydrogen (secondary N) is 1. The van der Waals surface area contributed by atoms with Crippen molar-refractivity contribution in [3.63, 3.8) is 0 Å². The molecule has 0 spiro atoms. The lowest BCUT2D eigenvalue weighted by Crippen LogP contribution is -2.46. The van der Waals surface area contributed by atoms with Crippen LogP contribution in [-0.4, -0.2) is 69.8 Å². The van der Waals surface area contributed by atoms with Crippen molar-refractivity contribution < 1.29 is 19.1 Å². The number of carbonyl (C=O) groups is 2. The van der Waals surface area contributed by atoms with Crippen LogP contribution in [0, 0.1) is 0 Å². The Morgan fingerprint density at radius 2 is 2.08 bits per heavy atom. The minimum absolute atomic E-state index is 0.0560. The number of carbonyl (C=O) groups excluding carboxylic acids is 2. The van der Waals surface area contributed by atoms with Crippen LogP contribution in [-0.2, 0) is 9.53 Å². The van der Waals surface area contributed by atoms with E-state index in [1.54, 1.807) is 33.3 Å². The first-order valence-electron chi connectivity index (χ1n) is 8.68. The third-order valence-electron chi connectivity index (χ3n) is 4.66. The van der Waals surface area contributed by atoms with E-state index in [9.17, 15) is 9.59 Å². The van der Waals surface area contributed by atoms with Crippen molar-refractivity contribution in [2.24, 2.45) is 0 Å². The summed E-state index contributed by atoms with van der Waals surface area (Å²) in [5.41, 5.74) is 1.01. The predicted molar refractivity (Wildman–Crippen MR) is 101 cm³/mol. The van der Waals surface area contributed by atoms with Crippen molar-refractivity contribution >= 4 is 17.5 Å². The smallest absolute Gasteiger partial charge is 0.253 e. The summed E-state index contributed by atoms with van der Waals surface area (Å²) in [5.74, 6) is 0.599. The van der Waals surface area contributed by atoms with E-state index in [0.717, 1.165) is 11.4 Å². The Morgan fingerprint density at radius 3 is 2.69 bits per heavy atom. The van der Waals surface area contributed by atoms with Crippen molar-refractivity contribution in [2.75, 3.05) is 46.3 Å². The van der Waals surface area contributed by atoms with Crippen LogP contribution in [0.1, 0.15) is 30.6 Å². The Morgan fingerprint density at radius 1 is 1.38 bits per heavy atom. The van der Waals surface area contributed by atoms with Gasteiger partial charge >= 0.3 is 0 Å². The molecule has 1 atom stereocenters. The summed E-state index contributed by atoms with van der Waals surface area (Å²) >= 11 is 0. The number of amides is 2. The molecule has 1 aliphatic heterocycles. The van der Waals surface area contributed by atoms with Gasteiger partial charge < -0.3 is 24.6 Å². The second-order valence-corrected chi connectivity index (χ2v) is 7.40. The van der Waals surface area contributed by atoms with Crippen LogP contribution in [0.15, 0.2) is 18.2 Å². The Bertz CT molecular complexity index is 673. The quantitative estimate of drug-likeness (QED) is 0.830. The number of benzene rings is 1. The highest BCUT2D eigenvalue weighted by Gasteiger charge is 2.28. The summed E-state index contributed by atoms with van der Waals surface area (Å²) in [6, 6.07) is 5.28. The number of anilines is 1. The van der Waals surface area contributed by atoms with Crippen molar-refractivity contribution in [3.05, 3.63) is 23.8 Å². The van der Waals surface area contributed by atoms with Crippen LogP contribution in [0.2, 0.25) is 0 Å². The second kappa shape index (κ2) is 7.95. The minimum atomic E-state index is -0.404. The molecule has 7 nitrogen and oxygen atoms in total. The van der Waals surface area contributed by atoms with Crippen molar-refractivity contribution in [1.82, 2.24) is 10.2 Å². The Labute approximate surface area is 155 Å². The fourth-order valence-corrected chi connectivity index (χ4v) is 2.67. The van der Waals surface area contributed by atoms with Crippen LogP contribution in [0.25, 0.3) is 0 Å². The molecule has 0 radical (unpaired) electrons. The number of ether oxygens (including phenoxy) is 2. The molecule has 0 fully saturated rings. The number of hydrogen-bond donors (Lipinski definition) is 1. The lowest BCUT2D eigenvalue weighted by Gasteiger charge is -2.36. The number of fused-ring (bicyclic) bond motifs is 1. The van der Waals surface area contributed by atoms with E-state index < -0.39 is 5.60 Å². The van der Waals surface area contributed by atoms with Gasteiger partial charge in [-0.3, -0.25) is 9.59 Å².